The molecule has 2 aromatic rings. The summed E-state index contributed by atoms with van der Waals surface area (Å²) >= 11 is 0. The summed E-state index contributed by atoms with van der Waals surface area (Å²) in [5.74, 6) is -0.193. The van der Waals surface area contributed by atoms with Crippen molar-refractivity contribution in [3.05, 3.63) is 36.3 Å². The van der Waals surface area contributed by atoms with Gasteiger partial charge in [0.15, 0.2) is 5.82 Å². The molecule has 6 heteroatoms. The van der Waals surface area contributed by atoms with Crippen LogP contribution in [0.15, 0.2) is 30.5 Å². The lowest BCUT2D eigenvalue weighted by Crippen LogP contribution is -2.02. The number of benzene rings is 1. The zero-order valence-electron chi connectivity index (χ0n) is 7.68. The summed E-state index contributed by atoms with van der Waals surface area (Å²) in [6.45, 7) is 0. The number of rotatable bonds is 2. The fourth-order valence-electron chi connectivity index (χ4n) is 1.08. The van der Waals surface area contributed by atoms with E-state index in [1.807, 2.05) is 0 Å². The average Bonchev–Trinajstić information content (AvgIpc) is 2.24. The molecule has 15 heavy (non-hydrogen) atoms. The van der Waals surface area contributed by atoms with Crippen LogP contribution in [-0.2, 0) is 0 Å². The molecule has 76 valence electrons. The fourth-order valence-corrected chi connectivity index (χ4v) is 1.08. The molecule has 1 aromatic heterocycles. The molecule has 0 saturated heterocycles. The van der Waals surface area contributed by atoms with Gasteiger partial charge in [0, 0.05) is 0 Å². The van der Waals surface area contributed by atoms with Gasteiger partial charge in [-0.1, -0.05) is 12.1 Å². The maximum absolute atomic E-state index is 13.2. The zero-order valence-corrected chi connectivity index (χ0v) is 7.68. The molecule has 5 nitrogen and oxygen atoms in total. The van der Waals surface area contributed by atoms with E-state index in [1.54, 1.807) is 18.2 Å². The molecule has 0 spiro atoms. The van der Waals surface area contributed by atoms with Gasteiger partial charge in [0.05, 0.1) is 11.9 Å². The van der Waals surface area contributed by atoms with Gasteiger partial charge in [-0.25, -0.2) is 4.39 Å². The van der Waals surface area contributed by atoms with Crippen LogP contribution in [0.25, 0.3) is 0 Å². The van der Waals surface area contributed by atoms with Crippen LogP contribution in [0.2, 0.25) is 0 Å². The van der Waals surface area contributed by atoms with Gasteiger partial charge in [-0.2, -0.15) is 0 Å². The first-order valence-electron chi connectivity index (χ1n) is 4.23. The highest BCUT2D eigenvalue weighted by Crippen LogP contribution is 2.21. The maximum atomic E-state index is 13.2. The van der Waals surface area contributed by atoms with Gasteiger partial charge in [-0.05, 0) is 17.3 Å². The van der Waals surface area contributed by atoms with Crippen LogP contribution in [0.4, 0.5) is 21.6 Å². The molecule has 0 aliphatic carbocycles. The largest absolute Gasteiger partial charge is 0.380 e. The van der Waals surface area contributed by atoms with Crippen molar-refractivity contribution in [3.8, 4) is 0 Å². The normalized spacial score (nSPS) is 9.93. The predicted molar refractivity (Wildman–Crippen MR) is 53.9 cm³/mol. The van der Waals surface area contributed by atoms with E-state index < -0.39 is 0 Å². The third-order valence-electron chi connectivity index (χ3n) is 1.81. The molecule has 2 rings (SSSR count). The monoisotopic (exact) mass is 205 g/mol. The molecule has 1 aromatic carbocycles. The van der Waals surface area contributed by atoms with Crippen LogP contribution in [0.3, 0.4) is 0 Å². The Hall–Kier alpha value is -2.24. The Kier molecular flexibility index (Phi) is 2.40. The van der Waals surface area contributed by atoms with Crippen LogP contribution in [-0.4, -0.2) is 15.4 Å². The lowest BCUT2D eigenvalue weighted by Gasteiger charge is -2.07. The topological polar surface area (TPSA) is 76.7 Å². The molecule has 0 atom stereocenters. The van der Waals surface area contributed by atoms with E-state index in [9.17, 15) is 4.39 Å². The van der Waals surface area contributed by atoms with Crippen molar-refractivity contribution in [2.24, 2.45) is 0 Å². The summed E-state index contributed by atoms with van der Waals surface area (Å²) in [6.07, 6.45) is 1.38. The number of para-hydroxylation sites is 1. The van der Waals surface area contributed by atoms with Crippen molar-refractivity contribution in [2.75, 3.05) is 11.1 Å². The summed E-state index contributed by atoms with van der Waals surface area (Å²) in [5, 5.41) is 13.2. The second-order valence-electron chi connectivity index (χ2n) is 2.84. The third kappa shape index (κ3) is 1.98. The minimum absolute atomic E-state index is 0.174. The van der Waals surface area contributed by atoms with Crippen LogP contribution in [0.5, 0.6) is 0 Å². The van der Waals surface area contributed by atoms with Gasteiger partial charge in [0.1, 0.15) is 11.5 Å². The minimum atomic E-state index is -0.367. The van der Waals surface area contributed by atoms with E-state index >= 15 is 0 Å². The van der Waals surface area contributed by atoms with Gasteiger partial charge < -0.3 is 11.1 Å². The Morgan fingerprint density at radius 3 is 2.73 bits per heavy atom. The standard InChI is InChI=1S/C9H8FN5/c10-6-3-1-2-4-7(6)13-8-5-12-15-14-9(8)11/h1-5H,(H,13,15)(H2,11,12,14). The van der Waals surface area contributed by atoms with E-state index in [1.165, 1.54) is 12.3 Å². The molecule has 0 fully saturated rings. The molecule has 0 aliphatic rings. The molecule has 0 aliphatic heterocycles. The Labute approximate surface area is 85.1 Å². The highest BCUT2D eigenvalue weighted by molar-refractivity contribution is 5.68. The van der Waals surface area contributed by atoms with Crippen LogP contribution in [0, 0.1) is 5.82 Å². The maximum Gasteiger partial charge on any atom is 0.173 e. The highest BCUT2D eigenvalue weighted by atomic mass is 19.1. The second kappa shape index (κ2) is 3.87. The van der Waals surface area contributed by atoms with Crippen LogP contribution >= 0.6 is 0 Å². The van der Waals surface area contributed by atoms with Crippen LogP contribution in [0.1, 0.15) is 0 Å². The molecule has 0 radical (unpaired) electrons. The molecular formula is C9H8FN5. The summed E-state index contributed by atoms with van der Waals surface area (Å²) in [4.78, 5) is 0. The Bertz CT molecular complexity index is 430. The molecule has 1 heterocycles. The molecule has 0 unspecified atom stereocenters. The molecule has 0 saturated carbocycles. The summed E-state index contributed by atoms with van der Waals surface area (Å²) < 4.78 is 13.2. The minimum Gasteiger partial charge on any atom is -0.380 e. The SMILES string of the molecule is Nc1nnncc1Nc1ccccc1F. The molecular weight excluding hydrogens is 197 g/mol. The third-order valence-corrected chi connectivity index (χ3v) is 1.81. The van der Waals surface area contributed by atoms with E-state index in [0.29, 0.717) is 11.4 Å². The van der Waals surface area contributed by atoms with Gasteiger partial charge in [0.2, 0.25) is 0 Å². The van der Waals surface area contributed by atoms with E-state index in [0.717, 1.165) is 0 Å². The van der Waals surface area contributed by atoms with Crippen molar-refractivity contribution in [2.45, 2.75) is 0 Å². The number of hydrogen-bond acceptors (Lipinski definition) is 5. The number of halogens is 1. The number of nitrogen functional groups attached to an aromatic ring is 1. The lowest BCUT2D eigenvalue weighted by atomic mass is 10.3. The summed E-state index contributed by atoms with van der Waals surface area (Å²) in [6, 6.07) is 6.26. The Morgan fingerprint density at radius 2 is 2.00 bits per heavy atom. The summed E-state index contributed by atoms with van der Waals surface area (Å²) in [5.41, 5.74) is 6.26. The smallest absolute Gasteiger partial charge is 0.173 e. The highest BCUT2D eigenvalue weighted by Gasteiger charge is 2.04. The molecule has 3 N–H and O–H groups in total. The Balaban J connectivity index is 2.30. The van der Waals surface area contributed by atoms with E-state index in [2.05, 4.69) is 20.7 Å². The van der Waals surface area contributed by atoms with Crippen molar-refractivity contribution in [1.29, 1.82) is 0 Å². The predicted octanol–water partition coefficient (Wildman–Crippen LogP) is 1.34. The first-order valence-corrected chi connectivity index (χ1v) is 4.23. The van der Waals surface area contributed by atoms with Gasteiger partial charge in [0.25, 0.3) is 0 Å². The number of nitrogens with zero attached hydrogens (tertiary/aromatic N) is 3. The molecule has 0 amide bonds. The van der Waals surface area contributed by atoms with Crippen molar-refractivity contribution in [3.63, 3.8) is 0 Å². The zero-order chi connectivity index (χ0) is 10.7. The quantitative estimate of drug-likeness (QED) is 0.773. The lowest BCUT2D eigenvalue weighted by molar-refractivity contribution is 0.632. The number of aromatic nitrogens is 3. The number of anilines is 3. The van der Waals surface area contributed by atoms with E-state index in [4.69, 9.17) is 5.73 Å². The Morgan fingerprint density at radius 1 is 1.20 bits per heavy atom. The first kappa shape index (κ1) is 9.32. The summed E-state index contributed by atoms with van der Waals surface area (Å²) in [7, 11) is 0. The van der Waals surface area contributed by atoms with Crippen molar-refractivity contribution in [1.82, 2.24) is 15.4 Å². The van der Waals surface area contributed by atoms with Crippen molar-refractivity contribution >= 4 is 17.2 Å². The van der Waals surface area contributed by atoms with Gasteiger partial charge >= 0.3 is 0 Å². The second-order valence-corrected chi connectivity index (χ2v) is 2.84. The van der Waals surface area contributed by atoms with E-state index in [-0.39, 0.29) is 11.6 Å². The van der Waals surface area contributed by atoms with Gasteiger partial charge in [-0.3, -0.25) is 0 Å². The average molecular weight is 205 g/mol. The number of nitrogens with two attached hydrogens (primary N) is 1. The number of hydrogen-bond donors (Lipinski definition) is 2. The van der Waals surface area contributed by atoms with Gasteiger partial charge in [-0.15, -0.1) is 10.2 Å². The first-order chi connectivity index (χ1) is 7.27. The number of nitrogens with one attached hydrogen (secondary N) is 1. The van der Waals surface area contributed by atoms with Crippen molar-refractivity contribution < 1.29 is 4.39 Å². The fraction of sp³-hybridized carbons (Fsp3) is 0. The molecule has 0 bridgehead atoms. The van der Waals surface area contributed by atoms with Crippen LogP contribution < -0.4 is 11.1 Å².